The summed E-state index contributed by atoms with van der Waals surface area (Å²) in [6.07, 6.45) is -4.45. The largest absolute Gasteiger partial charge is 0.573 e. The van der Waals surface area contributed by atoms with Gasteiger partial charge < -0.3 is 20.1 Å². The van der Waals surface area contributed by atoms with Crippen molar-refractivity contribution in [3.8, 4) is 5.75 Å². The molecule has 142 valence electrons. The van der Waals surface area contributed by atoms with E-state index in [0.29, 0.717) is 19.5 Å². The molecule has 8 heteroatoms. The zero-order chi connectivity index (χ0) is 19.1. The summed E-state index contributed by atoms with van der Waals surface area (Å²) in [6.45, 7) is 8.38. The van der Waals surface area contributed by atoms with E-state index in [1.807, 2.05) is 6.92 Å². The summed E-state index contributed by atoms with van der Waals surface area (Å²) in [5, 5.41) is 5.89. The molecule has 0 radical (unpaired) electrons. The molecule has 0 aliphatic heterocycles. The average Bonchev–Trinajstić information content (AvgIpc) is 2.43. The van der Waals surface area contributed by atoms with Crippen LogP contribution < -0.4 is 15.4 Å². The van der Waals surface area contributed by atoms with Crippen LogP contribution in [0.4, 0.5) is 18.0 Å². The van der Waals surface area contributed by atoms with Gasteiger partial charge in [0.25, 0.3) is 0 Å². The lowest BCUT2D eigenvalue weighted by atomic mass is 10.1. The molecule has 0 aliphatic carbocycles. The molecule has 0 saturated heterocycles. The molecule has 1 aromatic carbocycles. The summed E-state index contributed by atoms with van der Waals surface area (Å²) >= 11 is 0. The number of benzene rings is 1. The van der Waals surface area contributed by atoms with E-state index in [9.17, 15) is 18.0 Å². The van der Waals surface area contributed by atoms with Crippen molar-refractivity contribution >= 4 is 6.09 Å². The molecule has 25 heavy (non-hydrogen) atoms. The molecule has 0 bridgehead atoms. The molecule has 5 nitrogen and oxygen atoms in total. The number of hydrogen-bond acceptors (Lipinski definition) is 4. The number of carbonyl (C=O) groups excluding carboxylic acids is 1. The summed E-state index contributed by atoms with van der Waals surface area (Å²) in [5.74, 6) is -0.245. The maximum absolute atomic E-state index is 12.1. The maximum atomic E-state index is 12.1. The Morgan fingerprint density at radius 1 is 1.12 bits per heavy atom. The average molecular weight is 362 g/mol. The van der Waals surface area contributed by atoms with Crippen LogP contribution in [0.3, 0.4) is 0 Å². The fourth-order valence-electron chi connectivity index (χ4n) is 1.99. The number of carbonyl (C=O) groups is 1. The fraction of sp³-hybridized carbons (Fsp3) is 0.588. The lowest BCUT2D eigenvalue weighted by molar-refractivity contribution is -0.274. The Bertz CT molecular complexity index is 540. The number of alkyl carbamates (subject to hydrolysis) is 1. The number of ether oxygens (including phenoxy) is 2. The Morgan fingerprint density at radius 2 is 1.72 bits per heavy atom. The Hall–Kier alpha value is -1.96. The van der Waals surface area contributed by atoms with Crippen molar-refractivity contribution in [3.05, 3.63) is 29.8 Å². The highest BCUT2D eigenvalue weighted by molar-refractivity contribution is 5.67. The molecule has 1 aromatic rings. The summed E-state index contributed by atoms with van der Waals surface area (Å²) in [4.78, 5) is 11.5. The summed E-state index contributed by atoms with van der Waals surface area (Å²) in [7, 11) is 0. The van der Waals surface area contributed by atoms with Gasteiger partial charge in [0.1, 0.15) is 11.4 Å². The van der Waals surface area contributed by atoms with Gasteiger partial charge in [0.2, 0.25) is 0 Å². The number of alkyl halides is 3. The topological polar surface area (TPSA) is 59.6 Å². The third-order valence-corrected chi connectivity index (χ3v) is 3.09. The van der Waals surface area contributed by atoms with E-state index in [2.05, 4.69) is 15.4 Å². The van der Waals surface area contributed by atoms with Crippen LogP contribution in [0, 0.1) is 0 Å². The first-order valence-corrected chi connectivity index (χ1v) is 8.02. The van der Waals surface area contributed by atoms with Gasteiger partial charge in [-0.05, 0) is 58.4 Å². The molecule has 0 saturated carbocycles. The van der Waals surface area contributed by atoms with Crippen molar-refractivity contribution < 1.29 is 27.4 Å². The van der Waals surface area contributed by atoms with Gasteiger partial charge in [-0.15, -0.1) is 13.2 Å². The molecule has 0 heterocycles. The normalized spacial score (nSPS) is 13.2. The van der Waals surface area contributed by atoms with E-state index in [4.69, 9.17) is 4.74 Å². The minimum absolute atomic E-state index is 0.0403. The van der Waals surface area contributed by atoms with Gasteiger partial charge in [-0.3, -0.25) is 0 Å². The zero-order valence-corrected chi connectivity index (χ0v) is 14.9. The van der Waals surface area contributed by atoms with E-state index in [1.165, 1.54) is 12.1 Å². The smallest absolute Gasteiger partial charge is 0.444 e. The van der Waals surface area contributed by atoms with Gasteiger partial charge in [-0.25, -0.2) is 4.79 Å². The molecule has 1 atom stereocenters. The minimum Gasteiger partial charge on any atom is -0.444 e. The van der Waals surface area contributed by atoms with E-state index in [-0.39, 0.29) is 11.8 Å². The molecule has 2 N–H and O–H groups in total. The van der Waals surface area contributed by atoms with Crippen LogP contribution in [-0.2, 0) is 4.74 Å². The second-order valence-electron chi connectivity index (χ2n) is 6.57. The number of amides is 1. The Morgan fingerprint density at radius 3 is 2.24 bits per heavy atom. The number of nitrogens with one attached hydrogen (secondary N) is 2. The van der Waals surface area contributed by atoms with Gasteiger partial charge in [0.05, 0.1) is 0 Å². The molecule has 1 amide bonds. The molecule has 1 rings (SSSR count). The second kappa shape index (κ2) is 8.94. The highest BCUT2D eigenvalue weighted by atomic mass is 19.4. The molecule has 0 aliphatic rings. The van der Waals surface area contributed by atoms with Crippen molar-refractivity contribution in [2.45, 2.75) is 52.1 Å². The van der Waals surface area contributed by atoms with Gasteiger partial charge in [-0.2, -0.15) is 0 Å². The first-order chi connectivity index (χ1) is 11.5. The third-order valence-electron chi connectivity index (χ3n) is 3.09. The molecule has 0 spiro atoms. The number of hydrogen-bond donors (Lipinski definition) is 2. The lowest BCUT2D eigenvalue weighted by Crippen LogP contribution is -2.34. The van der Waals surface area contributed by atoms with E-state index >= 15 is 0 Å². The van der Waals surface area contributed by atoms with Crippen LogP contribution in [0.25, 0.3) is 0 Å². The molecule has 0 fully saturated rings. The van der Waals surface area contributed by atoms with Gasteiger partial charge >= 0.3 is 12.5 Å². The van der Waals surface area contributed by atoms with Crippen LogP contribution >= 0.6 is 0 Å². The van der Waals surface area contributed by atoms with E-state index < -0.39 is 18.1 Å². The Balaban J connectivity index is 2.28. The zero-order valence-electron chi connectivity index (χ0n) is 14.9. The number of rotatable bonds is 7. The van der Waals surface area contributed by atoms with Crippen LogP contribution in [-0.4, -0.2) is 31.1 Å². The Kier molecular flexibility index (Phi) is 7.54. The van der Waals surface area contributed by atoms with Crippen LogP contribution in [0.2, 0.25) is 0 Å². The highest BCUT2D eigenvalue weighted by Gasteiger charge is 2.31. The molecule has 0 unspecified atom stereocenters. The predicted octanol–water partition coefficient (Wildman–Crippen LogP) is 4.15. The first-order valence-electron chi connectivity index (χ1n) is 8.02. The van der Waals surface area contributed by atoms with Crippen molar-refractivity contribution in [2.24, 2.45) is 0 Å². The highest BCUT2D eigenvalue weighted by Crippen LogP contribution is 2.24. The SMILES string of the molecule is C[C@H](NCCCNC(=O)OC(C)(C)C)c1ccc(OC(F)(F)F)cc1. The van der Waals surface area contributed by atoms with Gasteiger partial charge in [0.15, 0.2) is 0 Å². The summed E-state index contributed by atoms with van der Waals surface area (Å²) < 4.78 is 45.3. The van der Waals surface area contributed by atoms with Gasteiger partial charge in [0, 0.05) is 12.6 Å². The molecule has 0 aromatic heterocycles. The standard InChI is InChI=1S/C17H25F3N2O3/c1-12(13-6-8-14(9-7-13)24-17(18,19)20)21-10-5-11-22-15(23)25-16(2,3)4/h6-9,12,21H,5,10-11H2,1-4H3,(H,22,23)/t12-/m0/s1. The minimum atomic E-state index is -4.69. The quantitative estimate of drug-likeness (QED) is 0.716. The van der Waals surface area contributed by atoms with Gasteiger partial charge in [-0.1, -0.05) is 12.1 Å². The van der Waals surface area contributed by atoms with Crippen molar-refractivity contribution in [1.29, 1.82) is 0 Å². The van der Waals surface area contributed by atoms with E-state index in [1.54, 1.807) is 32.9 Å². The maximum Gasteiger partial charge on any atom is 0.573 e. The van der Waals surface area contributed by atoms with Crippen molar-refractivity contribution in [1.82, 2.24) is 10.6 Å². The lowest BCUT2D eigenvalue weighted by Gasteiger charge is -2.20. The van der Waals surface area contributed by atoms with Crippen molar-refractivity contribution in [2.75, 3.05) is 13.1 Å². The summed E-state index contributed by atoms with van der Waals surface area (Å²) in [6, 6.07) is 5.69. The monoisotopic (exact) mass is 362 g/mol. The van der Waals surface area contributed by atoms with Crippen LogP contribution in [0.5, 0.6) is 5.75 Å². The fourth-order valence-corrected chi connectivity index (χ4v) is 1.99. The van der Waals surface area contributed by atoms with Crippen molar-refractivity contribution in [3.63, 3.8) is 0 Å². The third kappa shape index (κ3) is 9.81. The Labute approximate surface area is 145 Å². The molecular formula is C17H25F3N2O3. The summed E-state index contributed by atoms with van der Waals surface area (Å²) in [5.41, 5.74) is 0.313. The van der Waals surface area contributed by atoms with E-state index in [0.717, 1.165) is 5.56 Å². The first kappa shape index (κ1) is 21.1. The van der Waals surface area contributed by atoms with Crippen LogP contribution in [0.1, 0.15) is 45.7 Å². The predicted molar refractivity (Wildman–Crippen MR) is 88.4 cm³/mol. The molecular weight excluding hydrogens is 337 g/mol. The number of halogens is 3. The van der Waals surface area contributed by atoms with Crippen LogP contribution in [0.15, 0.2) is 24.3 Å². The second-order valence-corrected chi connectivity index (χ2v) is 6.57.